The van der Waals surface area contributed by atoms with Crippen LogP contribution < -0.4 is 16.0 Å². The Balaban J connectivity index is 2.47. The molecule has 0 saturated heterocycles. The molecule has 2 rings (SSSR count). The fraction of sp³-hybridized carbons (Fsp3) is 0.167. The zero-order chi connectivity index (χ0) is 10.7. The van der Waals surface area contributed by atoms with Crippen LogP contribution in [0, 0.1) is 0 Å². The van der Waals surface area contributed by atoms with Crippen LogP contribution in [-0.2, 0) is 0 Å². The highest BCUT2D eigenvalue weighted by Crippen LogP contribution is 2.08. The minimum atomic E-state index is 0.142. The van der Waals surface area contributed by atoms with Gasteiger partial charge in [0.2, 0.25) is 5.95 Å². The molecule has 2 heterocycles. The van der Waals surface area contributed by atoms with E-state index in [-0.39, 0.29) is 17.9 Å². The Hall–Kier alpha value is -2.29. The molecule has 0 amide bonds. The van der Waals surface area contributed by atoms with Gasteiger partial charge in [-0.15, -0.1) is 0 Å². The van der Waals surface area contributed by atoms with Gasteiger partial charge in [-0.25, -0.2) is 10.8 Å². The molecule has 0 atom stereocenters. The second-order valence-corrected chi connectivity index (χ2v) is 2.43. The summed E-state index contributed by atoms with van der Waals surface area (Å²) in [6.45, 7) is 0. The molecule has 0 aliphatic carbocycles. The second kappa shape index (κ2) is 3.84. The summed E-state index contributed by atoms with van der Waals surface area (Å²) in [6.07, 6.45) is 2.82. The smallest absolute Gasteiger partial charge is 0.322 e. The number of hydrogen-bond acceptors (Lipinski definition) is 8. The molecule has 0 fully saturated rings. The quantitative estimate of drug-likeness (QED) is 0.474. The van der Waals surface area contributed by atoms with E-state index in [0.717, 1.165) is 0 Å². The average Bonchev–Trinajstić information content (AvgIpc) is 2.81. The van der Waals surface area contributed by atoms with E-state index in [1.165, 1.54) is 24.4 Å². The molecule has 2 aromatic rings. The van der Waals surface area contributed by atoms with E-state index in [2.05, 4.69) is 30.5 Å². The van der Waals surface area contributed by atoms with Crippen molar-refractivity contribution in [2.45, 2.75) is 0 Å². The minimum absolute atomic E-state index is 0.142. The molecule has 9 heteroatoms. The fourth-order valence-corrected chi connectivity index (χ4v) is 0.916. The van der Waals surface area contributed by atoms with E-state index in [9.17, 15) is 0 Å². The molecule has 2 aromatic heterocycles. The van der Waals surface area contributed by atoms with E-state index >= 15 is 0 Å². The fourth-order valence-electron chi connectivity index (χ4n) is 0.916. The van der Waals surface area contributed by atoms with Gasteiger partial charge in [-0.2, -0.15) is 24.7 Å². The third-order valence-electron chi connectivity index (χ3n) is 1.54. The number of nitrogens with one attached hydrogen (secondary N) is 1. The standard InChI is InChI=1S/C6H8N8O/c1-15-6-11-4(13-7)10-5(12-6)14-3-8-2-9-14/h2-3H,7H2,1H3,(H,10,11,12,13). The number of rotatable bonds is 3. The van der Waals surface area contributed by atoms with Crippen molar-refractivity contribution in [3.05, 3.63) is 12.7 Å². The molecule has 0 unspecified atom stereocenters. The first kappa shape index (κ1) is 9.27. The van der Waals surface area contributed by atoms with Crippen LogP contribution in [0.3, 0.4) is 0 Å². The molecule has 0 aliphatic heterocycles. The predicted octanol–water partition coefficient (Wildman–Crippen LogP) is -1.25. The van der Waals surface area contributed by atoms with Gasteiger partial charge in [0.15, 0.2) is 0 Å². The number of nitrogen functional groups attached to an aromatic ring is 1. The number of ether oxygens (including phenoxy) is 1. The summed E-state index contributed by atoms with van der Waals surface area (Å²) >= 11 is 0. The molecule has 0 radical (unpaired) electrons. The van der Waals surface area contributed by atoms with Gasteiger partial charge < -0.3 is 4.74 Å². The minimum Gasteiger partial charge on any atom is -0.467 e. The van der Waals surface area contributed by atoms with E-state index < -0.39 is 0 Å². The predicted molar refractivity (Wildman–Crippen MR) is 49.1 cm³/mol. The monoisotopic (exact) mass is 208 g/mol. The van der Waals surface area contributed by atoms with Crippen LogP contribution in [0.2, 0.25) is 0 Å². The van der Waals surface area contributed by atoms with Crippen LogP contribution in [0.5, 0.6) is 6.01 Å². The Morgan fingerprint density at radius 2 is 2.27 bits per heavy atom. The van der Waals surface area contributed by atoms with Crippen molar-refractivity contribution in [2.75, 3.05) is 12.5 Å². The van der Waals surface area contributed by atoms with Crippen molar-refractivity contribution in [3.8, 4) is 12.0 Å². The molecule has 0 aromatic carbocycles. The number of anilines is 1. The summed E-state index contributed by atoms with van der Waals surface area (Å²) in [6, 6.07) is 0.142. The highest BCUT2D eigenvalue weighted by Gasteiger charge is 2.07. The first-order chi connectivity index (χ1) is 7.33. The van der Waals surface area contributed by atoms with Crippen molar-refractivity contribution in [1.29, 1.82) is 0 Å². The van der Waals surface area contributed by atoms with Gasteiger partial charge in [0.05, 0.1) is 7.11 Å². The van der Waals surface area contributed by atoms with Crippen LogP contribution in [0.25, 0.3) is 5.95 Å². The summed E-state index contributed by atoms with van der Waals surface area (Å²) < 4.78 is 6.24. The maximum Gasteiger partial charge on any atom is 0.322 e. The SMILES string of the molecule is COc1nc(NN)nc(-n2cncn2)n1. The lowest BCUT2D eigenvalue weighted by Crippen LogP contribution is -2.14. The topological polar surface area (TPSA) is 117 Å². The molecule has 0 spiro atoms. The summed E-state index contributed by atoms with van der Waals surface area (Å²) in [4.78, 5) is 15.5. The van der Waals surface area contributed by atoms with E-state index in [0.29, 0.717) is 0 Å². The molecule has 0 aliphatic rings. The molecule has 78 valence electrons. The third-order valence-corrected chi connectivity index (χ3v) is 1.54. The van der Waals surface area contributed by atoms with Crippen LogP contribution >= 0.6 is 0 Å². The number of hydrazine groups is 1. The second-order valence-electron chi connectivity index (χ2n) is 2.43. The molecule has 9 nitrogen and oxygen atoms in total. The van der Waals surface area contributed by atoms with Gasteiger partial charge in [0.1, 0.15) is 12.7 Å². The lowest BCUT2D eigenvalue weighted by atomic mass is 10.8. The van der Waals surface area contributed by atoms with Crippen molar-refractivity contribution in [3.63, 3.8) is 0 Å². The van der Waals surface area contributed by atoms with E-state index in [1.807, 2.05) is 0 Å². The average molecular weight is 208 g/mol. The van der Waals surface area contributed by atoms with Gasteiger partial charge in [0, 0.05) is 0 Å². The summed E-state index contributed by atoms with van der Waals surface area (Å²) in [5.41, 5.74) is 2.30. The Labute approximate surface area is 84.3 Å². The Bertz CT molecular complexity index is 418. The maximum atomic E-state index is 5.19. The zero-order valence-corrected chi connectivity index (χ0v) is 7.82. The number of aromatic nitrogens is 6. The highest BCUT2D eigenvalue weighted by atomic mass is 16.5. The highest BCUT2D eigenvalue weighted by molar-refractivity contribution is 5.27. The van der Waals surface area contributed by atoms with E-state index in [4.69, 9.17) is 10.6 Å². The lowest BCUT2D eigenvalue weighted by molar-refractivity contribution is 0.377. The maximum absolute atomic E-state index is 5.19. The summed E-state index contributed by atoms with van der Waals surface area (Å²) in [7, 11) is 1.45. The summed E-state index contributed by atoms with van der Waals surface area (Å²) in [5, 5.41) is 3.87. The molecule has 15 heavy (non-hydrogen) atoms. The zero-order valence-electron chi connectivity index (χ0n) is 7.82. The van der Waals surface area contributed by atoms with E-state index in [1.54, 1.807) is 0 Å². The Morgan fingerprint density at radius 1 is 1.40 bits per heavy atom. The molecular weight excluding hydrogens is 200 g/mol. The Kier molecular flexibility index (Phi) is 2.37. The van der Waals surface area contributed by atoms with Gasteiger partial charge >= 0.3 is 6.01 Å². The number of nitrogens with zero attached hydrogens (tertiary/aromatic N) is 6. The molecule has 3 N–H and O–H groups in total. The van der Waals surface area contributed by atoms with Gasteiger partial charge in [-0.05, 0) is 0 Å². The van der Waals surface area contributed by atoms with Crippen molar-refractivity contribution >= 4 is 5.95 Å². The third kappa shape index (κ3) is 1.81. The van der Waals surface area contributed by atoms with Gasteiger partial charge in [0.25, 0.3) is 5.95 Å². The number of hydrogen-bond donors (Lipinski definition) is 2. The van der Waals surface area contributed by atoms with Crippen molar-refractivity contribution in [2.24, 2.45) is 5.84 Å². The number of nitrogens with two attached hydrogens (primary N) is 1. The molecule has 0 saturated carbocycles. The van der Waals surface area contributed by atoms with Crippen LogP contribution in [-0.4, -0.2) is 36.8 Å². The Morgan fingerprint density at radius 3 is 2.87 bits per heavy atom. The van der Waals surface area contributed by atoms with Crippen molar-refractivity contribution in [1.82, 2.24) is 29.7 Å². The van der Waals surface area contributed by atoms with Crippen LogP contribution in [0.1, 0.15) is 0 Å². The normalized spacial score (nSPS) is 10.0. The van der Waals surface area contributed by atoms with Crippen LogP contribution in [0.4, 0.5) is 5.95 Å². The summed E-state index contributed by atoms with van der Waals surface area (Å²) in [5.74, 6) is 5.65. The first-order valence-electron chi connectivity index (χ1n) is 3.95. The van der Waals surface area contributed by atoms with Crippen LogP contribution in [0.15, 0.2) is 12.7 Å². The number of methoxy groups -OCH3 is 1. The largest absolute Gasteiger partial charge is 0.467 e. The first-order valence-corrected chi connectivity index (χ1v) is 3.95. The van der Waals surface area contributed by atoms with Gasteiger partial charge in [-0.1, -0.05) is 0 Å². The van der Waals surface area contributed by atoms with Crippen molar-refractivity contribution < 1.29 is 4.74 Å². The molecular formula is C6H8N8O. The lowest BCUT2D eigenvalue weighted by Gasteiger charge is -2.04. The van der Waals surface area contributed by atoms with Gasteiger partial charge in [-0.3, -0.25) is 5.43 Å². The molecule has 0 bridgehead atoms.